The highest BCUT2D eigenvalue weighted by Crippen LogP contribution is 2.25. The smallest absolute Gasteiger partial charge is 0.249 e. The Morgan fingerprint density at radius 1 is 1.14 bits per heavy atom. The second-order valence-electron chi connectivity index (χ2n) is 6.24. The van der Waals surface area contributed by atoms with E-state index in [1.54, 1.807) is 6.07 Å². The van der Waals surface area contributed by atoms with Crippen molar-refractivity contribution in [1.82, 2.24) is 24.6 Å². The monoisotopic (exact) mass is 395 g/mol. The highest BCUT2D eigenvalue weighted by Gasteiger charge is 2.17. The van der Waals surface area contributed by atoms with E-state index in [4.69, 9.17) is 4.74 Å². The Morgan fingerprint density at radius 2 is 1.97 bits per heavy atom. The van der Waals surface area contributed by atoms with E-state index in [9.17, 15) is 13.6 Å². The van der Waals surface area contributed by atoms with Crippen molar-refractivity contribution in [1.29, 1.82) is 0 Å². The van der Waals surface area contributed by atoms with Crippen molar-refractivity contribution in [3.63, 3.8) is 0 Å². The number of aryl methyl sites for hydroxylation is 1. The third-order valence-corrected chi connectivity index (χ3v) is 4.23. The molecule has 4 heterocycles. The van der Waals surface area contributed by atoms with Crippen LogP contribution in [0.2, 0.25) is 0 Å². The lowest BCUT2D eigenvalue weighted by molar-refractivity contribution is 0.0992. The standard InChI is InChI=1S/C20H15F2N5O2/c1-2-12-4-3-5-13(26-12)6-18(28)16-7-15(10-27-20(16)24-11-25-27)29-14-8-17(21)19(22)23-9-14/h3-5,7-11H,2,6H2,1H3. The molecule has 0 unspecified atom stereocenters. The number of pyridine rings is 3. The molecule has 0 amide bonds. The van der Waals surface area contributed by atoms with Gasteiger partial charge in [0.2, 0.25) is 5.95 Å². The van der Waals surface area contributed by atoms with Crippen LogP contribution in [0.3, 0.4) is 0 Å². The van der Waals surface area contributed by atoms with Crippen molar-refractivity contribution in [2.75, 3.05) is 0 Å². The Hall–Kier alpha value is -3.75. The van der Waals surface area contributed by atoms with Crippen LogP contribution in [-0.2, 0) is 12.8 Å². The van der Waals surface area contributed by atoms with Crippen LogP contribution < -0.4 is 4.74 Å². The van der Waals surface area contributed by atoms with E-state index in [0.29, 0.717) is 11.3 Å². The van der Waals surface area contributed by atoms with Gasteiger partial charge in [-0.05, 0) is 24.6 Å². The molecule has 0 saturated carbocycles. The van der Waals surface area contributed by atoms with Crippen LogP contribution in [0.25, 0.3) is 5.65 Å². The molecule has 0 aliphatic carbocycles. The van der Waals surface area contributed by atoms with E-state index in [1.807, 2.05) is 19.1 Å². The molecule has 0 aromatic carbocycles. The highest BCUT2D eigenvalue weighted by atomic mass is 19.2. The van der Waals surface area contributed by atoms with Crippen molar-refractivity contribution < 1.29 is 18.3 Å². The molecule has 0 atom stereocenters. The highest BCUT2D eigenvalue weighted by molar-refractivity contribution is 6.02. The summed E-state index contributed by atoms with van der Waals surface area (Å²) in [6.07, 6.45) is 4.68. The van der Waals surface area contributed by atoms with Crippen LogP contribution >= 0.6 is 0 Å². The van der Waals surface area contributed by atoms with Crippen molar-refractivity contribution in [3.05, 3.63) is 77.8 Å². The van der Waals surface area contributed by atoms with Crippen LogP contribution in [0, 0.1) is 11.8 Å². The molecule has 0 fully saturated rings. The van der Waals surface area contributed by atoms with E-state index in [0.717, 1.165) is 24.4 Å². The van der Waals surface area contributed by atoms with E-state index >= 15 is 0 Å². The number of ketones is 1. The zero-order chi connectivity index (χ0) is 20.4. The third-order valence-electron chi connectivity index (χ3n) is 4.23. The molecule has 4 aromatic heterocycles. The second-order valence-corrected chi connectivity index (χ2v) is 6.24. The van der Waals surface area contributed by atoms with Crippen molar-refractivity contribution in [3.8, 4) is 11.5 Å². The maximum atomic E-state index is 13.4. The van der Waals surface area contributed by atoms with Crippen LogP contribution in [0.15, 0.2) is 49.1 Å². The van der Waals surface area contributed by atoms with Gasteiger partial charge < -0.3 is 4.74 Å². The molecule has 7 nitrogen and oxygen atoms in total. The lowest BCUT2D eigenvalue weighted by atomic mass is 10.1. The molecule has 29 heavy (non-hydrogen) atoms. The summed E-state index contributed by atoms with van der Waals surface area (Å²) in [6, 6.07) is 7.89. The largest absolute Gasteiger partial charge is 0.454 e. The summed E-state index contributed by atoms with van der Waals surface area (Å²) in [5.74, 6) is -2.39. The lowest BCUT2D eigenvalue weighted by Crippen LogP contribution is -2.09. The number of rotatable bonds is 6. The quantitative estimate of drug-likeness (QED) is 0.367. The fourth-order valence-corrected chi connectivity index (χ4v) is 2.84. The summed E-state index contributed by atoms with van der Waals surface area (Å²) in [5, 5.41) is 4.04. The fraction of sp³-hybridized carbons (Fsp3) is 0.150. The number of nitrogens with zero attached hydrogens (tertiary/aromatic N) is 5. The minimum Gasteiger partial charge on any atom is -0.454 e. The van der Waals surface area contributed by atoms with Gasteiger partial charge in [-0.3, -0.25) is 9.78 Å². The van der Waals surface area contributed by atoms with Crippen molar-refractivity contribution >= 4 is 11.4 Å². The predicted molar refractivity (Wildman–Crippen MR) is 98.9 cm³/mol. The molecule has 4 aromatic rings. The first-order valence-corrected chi connectivity index (χ1v) is 8.84. The van der Waals surface area contributed by atoms with Gasteiger partial charge in [0, 0.05) is 17.5 Å². The SMILES string of the molecule is CCc1cccc(CC(=O)c2cc(Oc3cnc(F)c(F)c3)cn3ncnc23)n1. The fourth-order valence-electron chi connectivity index (χ4n) is 2.84. The number of halogens is 2. The first-order chi connectivity index (χ1) is 14.0. The molecule has 146 valence electrons. The van der Waals surface area contributed by atoms with Gasteiger partial charge in [0.15, 0.2) is 17.2 Å². The number of aromatic nitrogens is 5. The average molecular weight is 395 g/mol. The van der Waals surface area contributed by atoms with E-state index in [2.05, 4.69) is 20.1 Å². The zero-order valence-corrected chi connectivity index (χ0v) is 15.3. The van der Waals surface area contributed by atoms with Gasteiger partial charge in [-0.1, -0.05) is 13.0 Å². The molecule has 0 N–H and O–H groups in total. The number of hydrogen-bond donors (Lipinski definition) is 0. The summed E-state index contributed by atoms with van der Waals surface area (Å²) < 4.78 is 33.3. The van der Waals surface area contributed by atoms with Gasteiger partial charge in [0.25, 0.3) is 0 Å². The number of carbonyl (C=O) groups is 1. The van der Waals surface area contributed by atoms with Gasteiger partial charge in [0.1, 0.15) is 17.8 Å². The topological polar surface area (TPSA) is 82.3 Å². The summed E-state index contributed by atoms with van der Waals surface area (Å²) >= 11 is 0. The lowest BCUT2D eigenvalue weighted by Gasteiger charge is -2.09. The molecule has 0 aliphatic rings. The van der Waals surface area contributed by atoms with Crippen LogP contribution in [0.4, 0.5) is 8.78 Å². The first-order valence-electron chi connectivity index (χ1n) is 8.84. The van der Waals surface area contributed by atoms with Crippen LogP contribution in [0.5, 0.6) is 11.5 Å². The normalized spacial score (nSPS) is 11.0. The maximum Gasteiger partial charge on any atom is 0.249 e. The molecule has 0 radical (unpaired) electrons. The Balaban J connectivity index is 1.67. The molecular formula is C20H15F2N5O2. The van der Waals surface area contributed by atoms with Gasteiger partial charge in [-0.25, -0.2) is 18.9 Å². The Morgan fingerprint density at radius 3 is 2.76 bits per heavy atom. The molecule has 9 heteroatoms. The number of Topliss-reactive ketones (excluding diaryl/α,β-unsaturated/α-hetero) is 1. The Labute approximate surface area is 164 Å². The number of hydrogen-bond acceptors (Lipinski definition) is 6. The molecule has 0 spiro atoms. The van der Waals surface area contributed by atoms with E-state index < -0.39 is 11.8 Å². The van der Waals surface area contributed by atoms with Crippen LogP contribution in [0.1, 0.15) is 28.7 Å². The molecule has 4 rings (SSSR count). The average Bonchev–Trinajstić information content (AvgIpc) is 3.19. The first kappa shape index (κ1) is 18.6. The van der Waals surface area contributed by atoms with Gasteiger partial charge in [0.05, 0.1) is 24.4 Å². The minimum absolute atomic E-state index is 0.0147. The van der Waals surface area contributed by atoms with Crippen molar-refractivity contribution in [2.24, 2.45) is 0 Å². The zero-order valence-electron chi connectivity index (χ0n) is 15.3. The second kappa shape index (κ2) is 7.70. The van der Waals surface area contributed by atoms with E-state index in [1.165, 1.54) is 23.1 Å². The van der Waals surface area contributed by atoms with Crippen LogP contribution in [-0.4, -0.2) is 30.3 Å². The molecule has 0 aliphatic heterocycles. The Bertz CT molecular complexity index is 1210. The summed E-state index contributed by atoms with van der Waals surface area (Å²) in [6.45, 7) is 1.99. The van der Waals surface area contributed by atoms with Gasteiger partial charge >= 0.3 is 0 Å². The summed E-state index contributed by atoms with van der Waals surface area (Å²) in [4.78, 5) is 24.8. The number of ether oxygens (including phenoxy) is 1. The molecule has 0 saturated heterocycles. The van der Waals surface area contributed by atoms with Crippen molar-refractivity contribution in [2.45, 2.75) is 19.8 Å². The van der Waals surface area contributed by atoms with Gasteiger partial charge in [-0.2, -0.15) is 9.49 Å². The minimum atomic E-state index is -1.22. The number of carbonyl (C=O) groups excluding carboxylic acids is 1. The Kier molecular flexibility index (Phi) is 4.94. The summed E-state index contributed by atoms with van der Waals surface area (Å²) in [7, 11) is 0. The molecular weight excluding hydrogens is 380 g/mol. The predicted octanol–water partition coefficient (Wildman–Crippen LogP) is 3.58. The number of fused-ring (bicyclic) bond motifs is 1. The van der Waals surface area contributed by atoms with E-state index in [-0.39, 0.29) is 29.3 Å². The third kappa shape index (κ3) is 3.93. The molecule has 0 bridgehead atoms. The summed E-state index contributed by atoms with van der Waals surface area (Å²) in [5.41, 5.74) is 2.17. The maximum absolute atomic E-state index is 13.4. The van der Waals surface area contributed by atoms with Gasteiger partial charge in [-0.15, -0.1) is 0 Å².